The van der Waals surface area contributed by atoms with Crippen molar-refractivity contribution in [1.29, 1.82) is 0 Å². The van der Waals surface area contributed by atoms with Crippen molar-refractivity contribution in [2.45, 2.75) is 26.3 Å². The second-order valence-electron chi connectivity index (χ2n) is 7.57. The van der Waals surface area contributed by atoms with Gasteiger partial charge >= 0.3 is 0 Å². The van der Waals surface area contributed by atoms with Crippen LogP contribution in [-0.2, 0) is 11.3 Å². The highest BCUT2D eigenvalue weighted by molar-refractivity contribution is 7.17. The molecule has 0 radical (unpaired) electrons. The second kappa shape index (κ2) is 9.34. The molecule has 1 unspecified atom stereocenters. The van der Waals surface area contributed by atoms with Crippen LogP contribution < -0.4 is 5.32 Å². The number of aryl methyl sites for hydroxylation is 1. The van der Waals surface area contributed by atoms with Gasteiger partial charge < -0.3 is 10.2 Å². The maximum Gasteiger partial charge on any atom is 0.265 e. The van der Waals surface area contributed by atoms with E-state index in [1.807, 2.05) is 19.1 Å². The van der Waals surface area contributed by atoms with Crippen LogP contribution in [0.3, 0.4) is 0 Å². The van der Waals surface area contributed by atoms with Gasteiger partial charge in [0.15, 0.2) is 0 Å². The minimum absolute atomic E-state index is 0.100. The Bertz CT molecular complexity index is 1090. The standard InChI is InChI=1S/C23H23FN4O2S/c1-15-20(31-22(27-15)17-7-4-10-25-12-17)23(30)28-11-5-8-18(14-28)21(29)26-13-16-6-2-3-9-19(16)24/h2-4,6-7,9-10,12,18H,5,8,11,13-14H2,1H3,(H,26,29). The van der Waals surface area contributed by atoms with E-state index < -0.39 is 0 Å². The van der Waals surface area contributed by atoms with Crippen LogP contribution in [0, 0.1) is 18.7 Å². The van der Waals surface area contributed by atoms with Crippen LogP contribution in [0.1, 0.15) is 33.8 Å². The van der Waals surface area contributed by atoms with Crippen LogP contribution in [0.2, 0.25) is 0 Å². The quantitative estimate of drug-likeness (QED) is 0.657. The van der Waals surface area contributed by atoms with Crippen LogP contribution >= 0.6 is 11.3 Å². The van der Waals surface area contributed by atoms with Gasteiger partial charge in [-0.2, -0.15) is 0 Å². The fraction of sp³-hybridized carbons (Fsp3) is 0.304. The highest BCUT2D eigenvalue weighted by Crippen LogP contribution is 2.29. The number of aromatic nitrogens is 2. The first kappa shape index (κ1) is 21.1. The molecule has 1 saturated heterocycles. The third-order valence-electron chi connectivity index (χ3n) is 5.39. The van der Waals surface area contributed by atoms with Gasteiger partial charge in [0, 0.05) is 43.2 Å². The van der Waals surface area contributed by atoms with E-state index in [1.165, 1.54) is 17.4 Å². The Kier molecular flexibility index (Phi) is 6.36. The summed E-state index contributed by atoms with van der Waals surface area (Å²) >= 11 is 1.35. The predicted molar refractivity (Wildman–Crippen MR) is 117 cm³/mol. The number of thiazole rings is 1. The molecule has 1 fully saturated rings. The molecule has 0 saturated carbocycles. The number of nitrogens with zero attached hydrogens (tertiary/aromatic N) is 3. The number of carbonyl (C=O) groups excluding carboxylic acids is 2. The second-order valence-corrected chi connectivity index (χ2v) is 8.57. The van der Waals surface area contributed by atoms with E-state index >= 15 is 0 Å². The molecule has 2 amide bonds. The summed E-state index contributed by atoms with van der Waals surface area (Å²) in [4.78, 5) is 36.8. The molecule has 160 valence electrons. The van der Waals surface area contributed by atoms with Crippen molar-refractivity contribution >= 4 is 23.2 Å². The Morgan fingerprint density at radius 2 is 2.10 bits per heavy atom. The summed E-state index contributed by atoms with van der Waals surface area (Å²) in [6.45, 7) is 2.92. The fourth-order valence-corrected chi connectivity index (χ4v) is 4.72. The van der Waals surface area contributed by atoms with Gasteiger partial charge in [0.1, 0.15) is 15.7 Å². The maximum absolute atomic E-state index is 13.8. The number of benzene rings is 1. The highest BCUT2D eigenvalue weighted by Gasteiger charge is 2.30. The van der Waals surface area contributed by atoms with Crippen molar-refractivity contribution in [3.05, 3.63) is 70.7 Å². The molecule has 1 aliphatic rings. The molecule has 31 heavy (non-hydrogen) atoms. The van der Waals surface area contributed by atoms with E-state index in [1.54, 1.807) is 35.5 Å². The van der Waals surface area contributed by atoms with Crippen LogP contribution in [0.4, 0.5) is 4.39 Å². The molecule has 0 bridgehead atoms. The SMILES string of the molecule is Cc1nc(-c2cccnc2)sc1C(=O)N1CCCC(C(=O)NCc2ccccc2F)C1. The fourth-order valence-electron chi connectivity index (χ4n) is 3.70. The number of carbonyl (C=O) groups is 2. The van der Waals surface area contributed by atoms with Crippen molar-refractivity contribution in [3.8, 4) is 10.6 Å². The minimum atomic E-state index is -0.340. The number of pyridine rings is 1. The van der Waals surface area contributed by atoms with Crippen LogP contribution in [0.15, 0.2) is 48.8 Å². The monoisotopic (exact) mass is 438 g/mol. The molecule has 1 N–H and O–H groups in total. The summed E-state index contributed by atoms with van der Waals surface area (Å²) < 4.78 is 13.8. The van der Waals surface area contributed by atoms with Gasteiger partial charge in [-0.05, 0) is 38.0 Å². The molecule has 1 aromatic carbocycles. The number of halogens is 1. The maximum atomic E-state index is 13.8. The Labute approximate surface area is 184 Å². The summed E-state index contributed by atoms with van der Waals surface area (Å²) in [5, 5.41) is 3.57. The summed E-state index contributed by atoms with van der Waals surface area (Å²) in [6, 6.07) is 10.1. The first-order valence-corrected chi connectivity index (χ1v) is 11.0. The molecule has 8 heteroatoms. The molecular formula is C23H23FN4O2S. The van der Waals surface area contributed by atoms with E-state index in [0.717, 1.165) is 17.0 Å². The summed E-state index contributed by atoms with van der Waals surface area (Å²) in [7, 11) is 0. The topological polar surface area (TPSA) is 75.2 Å². The lowest BCUT2D eigenvalue weighted by molar-refractivity contribution is -0.126. The molecule has 3 heterocycles. The van der Waals surface area contributed by atoms with Crippen LogP contribution in [-0.4, -0.2) is 39.8 Å². The molecular weight excluding hydrogens is 415 g/mol. The van der Waals surface area contributed by atoms with E-state index in [0.29, 0.717) is 35.6 Å². The van der Waals surface area contributed by atoms with E-state index in [-0.39, 0.29) is 30.1 Å². The normalized spacial score (nSPS) is 16.2. The van der Waals surface area contributed by atoms with Gasteiger partial charge in [0.25, 0.3) is 5.91 Å². The van der Waals surface area contributed by atoms with Crippen molar-refractivity contribution < 1.29 is 14.0 Å². The molecule has 1 aliphatic heterocycles. The minimum Gasteiger partial charge on any atom is -0.352 e. The molecule has 2 aromatic heterocycles. The molecule has 1 atom stereocenters. The lowest BCUT2D eigenvalue weighted by Gasteiger charge is -2.31. The zero-order chi connectivity index (χ0) is 21.8. The summed E-state index contributed by atoms with van der Waals surface area (Å²) in [5.41, 5.74) is 2.00. The third-order valence-corrected chi connectivity index (χ3v) is 6.58. The van der Waals surface area contributed by atoms with Gasteiger partial charge in [-0.3, -0.25) is 14.6 Å². The largest absolute Gasteiger partial charge is 0.352 e. The van der Waals surface area contributed by atoms with Gasteiger partial charge in [0.2, 0.25) is 5.91 Å². The number of likely N-dealkylation sites (tertiary alicyclic amines) is 1. The van der Waals surface area contributed by atoms with Gasteiger partial charge in [-0.1, -0.05) is 18.2 Å². The Hall–Kier alpha value is -3.13. The summed E-state index contributed by atoms with van der Waals surface area (Å²) in [6.07, 6.45) is 4.87. The van der Waals surface area contributed by atoms with Crippen molar-refractivity contribution in [2.75, 3.05) is 13.1 Å². The number of rotatable bonds is 5. The van der Waals surface area contributed by atoms with Gasteiger partial charge in [-0.15, -0.1) is 11.3 Å². The zero-order valence-electron chi connectivity index (χ0n) is 17.2. The molecule has 0 aliphatic carbocycles. The zero-order valence-corrected chi connectivity index (χ0v) is 18.0. The Morgan fingerprint density at radius 1 is 1.26 bits per heavy atom. The van der Waals surface area contributed by atoms with Gasteiger partial charge in [0.05, 0.1) is 11.6 Å². The number of piperidine rings is 1. The average molecular weight is 439 g/mol. The molecule has 0 spiro atoms. The first-order chi connectivity index (χ1) is 15.0. The van der Waals surface area contributed by atoms with Gasteiger partial charge in [-0.25, -0.2) is 9.37 Å². The number of amides is 2. The summed E-state index contributed by atoms with van der Waals surface area (Å²) in [5.74, 6) is -0.904. The van der Waals surface area contributed by atoms with Crippen LogP contribution in [0.5, 0.6) is 0 Å². The van der Waals surface area contributed by atoms with E-state index in [9.17, 15) is 14.0 Å². The molecule has 4 rings (SSSR count). The number of hydrogen-bond acceptors (Lipinski definition) is 5. The number of nitrogens with one attached hydrogen (secondary N) is 1. The van der Waals surface area contributed by atoms with E-state index in [4.69, 9.17) is 0 Å². The van der Waals surface area contributed by atoms with Crippen molar-refractivity contribution in [2.24, 2.45) is 5.92 Å². The lowest BCUT2D eigenvalue weighted by Crippen LogP contribution is -2.45. The Morgan fingerprint density at radius 3 is 2.87 bits per heavy atom. The smallest absolute Gasteiger partial charge is 0.265 e. The molecule has 6 nitrogen and oxygen atoms in total. The lowest BCUT2D eigenvalue weighted by atomic mass is 9.96. The van der Waals surface area contributed by atoms with E-state index in [2.05, 4.69) is 15.3 Å². The van der Waals surface area contributed by atoms with Crippen molar-refractivity contribution in [3.63, 3.8) is 0 Å². The first-order valence-electron chi connectivity index (χ1n) is 10.2. The highest BCUT2D eigenvalue weighted by atomic mass is 32.1. The predicted octanol–water partition coefficient (Wildman–Crippen LogP) is 3.82. The Balaban J connectivity index is 1.41. The third kappa shape index (κ3) is 4.80. The molecule has 3 aromatic rings. The van der Waals surface area contributed by atoms with Crippen LogP contribution in [0.25, 0.3) is 10.6 Å². The number of hydrogen-bond donors (Lipinski definition) is 1. The average Bonchev–Trinajstić information content (AvgIpc) is 3.20. The van der Waals surface area contributed by atoms with Crippen molar-refractivity contribution in [1.82, 2.24) is 20.2 Å².